The van der Waals surface area contributed by atoms with Crippen molar-refractivity contribution in [1.29, 1.82) is 0 Å². The molecule has 0 radical (unpaired) electrons. The van der Waals surface area contributed by atoms with Gasteiger partial charge in [-0.25, -0.2) is 0 Å². The highest BCUT2D eigenvalue weighted by Gasteiger charge is 2.24. The van der Waals surface area contributed by atoms with E-state index in [9.17, 15) is 4.79 Å². The summed E-state index contributed by atoms with van der Waals surface area (Å²) in [6.45, 7) is 7.80. The third-order valence-corrected chi connectivity index (χ3v) is 4.71. The Bertz CT molecular complexity index is 801. The summed E-state index contributed by atoms with van der Waals surface area (Å²) in [6, 6.07) is 17.6. The fourth-order valence-corrected chi connectivity index (χ4v) is 3.08. The van der Waals surface area contributed by atoms with E-state index in [1.807, 2.05) is 82.3 Å². The van der Waals surface area contributed by atoms with E-state index < -0.39 is 5.41 Å². The van der Waals surface area contributed by atoms with Crippen LogP contribution in [0.25, 0.3) is 0 Å². The smallest absolute Gasteiger partial charge is 0.311 e. The minimum Gasteiger partial charge on any atom is -0.463 e. The molecule has 0 spiro atoms. The summed E-state index contributed by atoms with van der Waals surface area (Å²) in [7, 11) is 0. The molecule has 156 valence electrons. The number of anilines is 1. The van der Waals surface area contributed by atoms with Crippen molar-refractivity contribution in [3.8, 4) is 0 Å². The molecular formula is C23H31N3O2S. The Hall–Kier alpha value is -2.60. The maximum atomic E-state index is 12.2. The topological polar surface area (TPSA) is 76.4 Å². The molecule has 0 saturated heterocycles. The quantitative estimate of drug-likeness (QED) is 0.362. The van der Waals surface area contributed by atoms with E-state index >= 15 is 0 Å². The van der Waals surface area contributed by atoms with E-state index in [4.69, 9.17) is 22.7 Å². The van der Waals surface area contributed by atoms with Crippen LogP contribution in [0.5, 0.6) is 0 Å². The molecule has 0 heterocycles. The largest absolute Gasteiger partial charge is 0.463 e. The van der Waals surface area contributed by atoms with Crippen LogP contribution < -0.4 is 16.4 Å². The van der Waals surface area contributed by atoms with E-state index in [2.05, 4.69) is 10.6 Å². The van der Waals surface area contributed by atoms with Crippen molar-refractivity contribution in [3.63, 3.8) is 0 Å². The molecule has 0 bridgehead atoms. The molecule has 0 aliphatic rings. The molecule has 0 fully saturated rings. The maximum absolute atomic E-state index is 12.2. The van der Waals surface area contributed by atoms with Crippen molar-refractivity contribution < 1.29 is 9.53 Å². The first-order chi connectivity index (χ1) is 13.6. The second-order valence-electron chi connectivity index (χ2n) is 8.24. The summed E-state index contributed by atoms with van der Waals surface area (Å²) in [5.41, 5.74) is 8.17. The average Bonchev–Trinajstić information content (AvgIpc) is 2.66. The number of hydrogen-bond acceptors (Lipinski definition) is 4. The number of benzene rings is 2. The Morgan fingerprint density at radius 1 is 1.07 bits per heavy atom. The van der Waals surface area contributed by atoms with E-state index in [-0.39, 0.29) is 24.7 Å². The van der Waals surface area contributed by atoms with E-state index in [1.54, 1.807) is 0 Å². The zero-order chi connectivity index (χ0) is 21.4. The van der Waals surface area contributed by atoms with Crippen LogP contribution in [0.4, 0.5) is 5.69 Å². The predicted molar refractivity (Wildman–Crippen MR) is 122 cm³/mol. The first-order valence-electron chi connectivity index (χ1n) is 9.79. The SMILES string of the molecule is C[C@@H](NC(=S)N[C@H](COC(=O)C(C)(C)C)Cc1ccccc1)c1ccc(N)cc1. The lowest BCUT2D eigenvalue weighted by molar-refractivity contribution is -0.153. The van der Waals surface area contributed by atoms with Gasteiger partial charge in [-0.1, -0.05) is 42.5 Å². The Labute approximate surface area is 179 Å². The standard InChI is InChI=1S/C23H31N3O2S/c1-16(18-10-12-19(24)13-11-18)25-22(29)26-20(14-17-8-6-5-7-9-17)15-28-21(27)23(2,3)4/h5-13,16,20H,14-15,24H2,1-4H3,(H2,25,26,29)/t16-,20+/m1/s1. The minimum atomic E-state index is -0.542. The molecule has 2 aromatic rings. The summed E-state index contributed by atoms with van der Waals surface area (Å²) >= 11 is 5.51. The molecule has 4 N–H and O–H groups in total. The Kier molecular flexibility index (Phi) is 8.02. The molecule has 0 aromatic heterocycles. The molecule has 0 saturated carbocycles. The minimum absolute atomic E-state index is 0.0186. The summed E-state index contributed by atoms with van der Waals surface area (Å²) in [5, 5.41) is 7.11. The number of carbonyl (C=O) groups excluding carboxylic acids is 1. The summed E-state index contributed by atoms with van der Waals surface area (Å²) in [5.74, 6) is -0.230. The highest BCUT2D eigenvalue weighted by molar-refractivity contribution is 7.80. The van der Waals surface area contributed by atoms with Crippen LogP contribution in [0.15, 0.2) is 54.6 Å². The molecule has 5 nitrogen and oxygen atoms in total. The molecule has 0 aliphatic carbocycles. The highest BCUT2D eigenvalue weighted by Crippen LogP contribution is 2.16. The van der Waals surface area contributed by atoms with Gasteiger partial charge in [-0.2, -0.15) is 0 Å². The van der Waals surface area contributed by atoms with Gasteiger partial charge in [0, 0.05) is 5.69 Å². The highest BCUT2D eigenvalue weighted by atomic mass is 32.1. The van der Waals surface area contributed by atoms with E-state index in [1.165, 1.54) is 0 Å². The zero-order valence-electron chi connectivity index (χ0n) is 17.6. The average molecular weight is 414 g/mol. The number of nitrogen functional groups attached to an aromatic ring is 1. The van der Waals surface area contributed by atoms with Gasteiger partial charge in [-0.05, 0) is 69.6 Å². The van der Waals surface area contributed by atoms with Crippen LogP contribution >= 0.6 is 12.2 Å². The lowest BCUT2D eigenvalue weighted by Crippen LogP contribution is -2.46. The first kappa shape index (κ1) is 22.7. The van der Waals surface area contributed by atoms with Crippen molar-refractivity contribution in [2.75, 3.05) is 12.3 Å². The lowest BCUT2D eigenvalue weighted by atomic mass is 9.97. The van der Waals surface area contributed by atoms with Gasteiger partial charge in [-0.3, -0.25) is 4.79 Å². The fraction of sp³-hybridized carbons (Fsp3) is 0.391. The number of carbonyl (C=O) groups is 1. The second kappa shape index (κ2) is 10.3. The van der Waals surface area contributed by atoms with Gasteiger partial charge < -0.3 is 21.1 Å². The summed E-state index contributed by atoms with van der Waals surface area (Å²) in [4.78, 5) is 12.2. The summed E-state index contributed by atoms with van der Waals surface area (Å²) in [6.07, 6.45) is 0.691. The number of rotatable bonds is 7. The molecule has 0 amide bonds. The third kappa shape index (κ3) is 7.74. The van der Waals surface area contributed by atoms with Crippen molar-refractivity contribution in [3.05, 3.63) is 65.7 Å². The van der Waals surface area contributed by atoms with Crippen LogP contribution in [0.3, 0.4) is 0 Å². The van der Waals surface area contributed by atoms with E-state index in [0.29, 0.717) is 11.5 Å². The number of nitrogens with one attached hydrogen (secondary N) is 2. The van der Waals surface area contributed by atoms with Gasteiger partial charge in [0.15, 0.2) is 5.11 Å². The van der Waals surface area contributed by atoms with Gasteiger partial charge in [0.05, 0.1) is 17.5 Å². The van der Waals surface area contributed by atoms with Crippen LogP contribution in [-0.2, 0) is 16.0 Å². The maximum Gasteiger partial charge on any atom is 0.311 e. The van der Waals surface area contributed by atoms with E-state index in [0.717, 1.165) is 16.8 Å². The van der Waals surface area contributed by atoms with Gasteiger partial charge in [0.1, 0.15) is 6.61 Å². The molecule has 29 heavy (non-hydrogen) atoms. The predicted octanol–water partition coefficient (Wildman–Crippen LogP) is 3.99. The Balaban J connectivity index is 2.00. The molecule has 0 unspecified atom stereocenters. The van der Waals surface area contributed by atoms with Crippen LogP contribution in [0, 0.1) is 5.41 Å². The van der Waals surface area contributed by atoms with Gasteiger partial charge >= 0.3 is 5.97 Å². The summed E-state index contributed by atoms with van der Waals surface area (Å²) < 4.78 is 5.54. The van der Waals surface area contributed by atoms with Crippen LogP contribution in [-0.4, -0.2) is 23.7 Å². The third-order valence-electron chi connectivity index (χ3n) is 4.47. The molecular weight excluding hydrogens is 382 g/mol. The van der Waals surface area contributed by atoms with Crippen LogP contribution in [0.2, 0.25) is 0 Å². The lowest BCUT2D eigenvalue weighted by Gasteiger charge is -2.25. The Morgan fingerprint density at radius 2 is 1.69 bits per heavy atom. The molecule has 0 aliphatic heterocycles. The van der Waals surface area contributed by atoms with Gasteiger partial charge in [-0.15, -0.1) is 0 Å². The number of ether oxygens (including phenoxy) is 1. The second-order valence-corrected chi connectivity index (χ2v) is 8.65. The van der Waals surface area contributed by atoms with Crippen molar-refractivity contribution >= 4 is 29.0 Å². The first-order valence-corrected chi connectivity index (χ1v) is 10.2. The molecule has 6 heteroatoms. The monoisotopic (exact) mass is 413 g/mol. The van der Waals surface area contributed by atoms with Crippen LogP contribution in [0.1, 0.15) is 44.9 Å². The number of hydrogen-bond donors (Lipinski definition) is 3. The Morgan fingerprint density at radius 3 is 2.28 bits per heavy atom. The van der Waals surface area contributed by atoms with Gasteiger partial charge in [0.2, 0.25) is 0 Å². The normalized spacial score (nSPS) is 13.2. The fourth-order valence-electron chi connectivity index (χ4n) is 2.73. The molecule has 2 atom stereocenters. The van der Waals surface area contributed by atoms with Crippen molar-refractivity contribution in [2.45, 2.75) is 46.2 Å². The number of esters is 1. The van der Waals surface area contributed by atoms with Crippen molar-refractivity contribution in [1.82, 2.24) is 10.6 Å². The molecule has 2 rings (SSSR count). The number of thiocarbonyl (C=S) groups is 1. The molecule has 2 aromatic carbocycles. The zero-order valence-corrected chi connectivity index (χ0v) is 18.4. The van der Waals surface area contributed by atoms with Crippen molar-refractivity contribution in [2.24, 2.45) is 5.41 Å². The van der Waals surface area contributed by atoms with Gasteiger partial charge in [0.25, 0.3) is 0 Å². The number of nitrogens with two attached hydrogens (primary N) is 1.